The summed E-state index contributed by atoms with van der Waals surface area (Å²) in [6.07, 6.45) is 1.77. The Morgan fingerprint density at radius 1 is 1.20 bits per heavy atom. The maximum atomic E-state index is 13.7. The first-order valence-corrected chi connectivity index (χ1v) is 6.77. The molecule has 0 fully saturated rings. The van der Waals surface area contributed by atoms with E-state index in [2.05, 4.69) is 26.2 Å². The summed E-state index contributed by atoms with van der Waals surface area (Å²) in [7, 11) is 0. The van der Waals surface area contributed by atoms with E-state index in [-0.39, 0.29) is 11.6 Å². The number of nitrogens with one attached hydrogen (secondary N) is 2. The van der Waals surface area contributed by atoms with E-state index in [0.717, 1.165) is 10.9 Å². The number of hydrogen-bond donors (Lipinski definition) is 2. The Labute approximate surface area is 122 Å². The summed E-state index contributed by atoms with van der Waals surface area (Å²) >= 11 is 3.25. The molecule has 3 aromatic rings. The number of aromatic amines is 1. The second-order valence-corrected chi connectivity index (χ2v) is 5.24. The van der Waals surface area contributed by atoms with Gasteiger partial charge in [-0.05, 0) is 36.4 Å². The van der Waals surface area contributed by atoms with E-state index in [9.17, 15) is 9.18 Å². The molecule has 5 heteroatoms. The van der Waals surface area contributed by atoms with Crippen LogP contribution in [0.15, 0.2) is 53.1 Å². The molecule has 0 unspecified atom stereocenters. The van der Waals surface area contributed by atoms with Crippen LogP contribution in [-0.2, 0) is 0 Å². The standard InChI is InChI=1S/C15H10BrFN2O/c16-9-4-5-12(17)14(8-9)19-15(20)11-2-1-3-13-10(11)6-7-18-13/h1-8,18H,(H,19,20). The molecule has 0 aliphatic carbocycles. The average molecular weight is 333 g/mol. The lowest BCUT2D eigenvalue weighted by Gasteiger charge is -2.08. The molecule has 2 N–H and O–H groups in total. The van der Waals surface area contributed by atoms with Gasteiger partial charge >= 0.3 is 0 Å². The molecule has 1 aromatic heterocycles. The van der Waals surface area contributed by atoms with Gasteiger partial charge in [0.2, 0.25) is 0 Å². The van der Waals surface area contributed by atoms with Crippen LogP contribution in [0.1, 0.15) is 10.4 Å². The Balaban J connectivity index is 1.97. The molecule has 0 saturated carbocycles. The van der Waals surface area contributed by atoms with Crippen molar-refractivity contribution in [3.05, 3.63) is 64.5 Å². The number of halogens is 2. The maximum absolute atomic E-state index is 13.7. The topological polar surface area (TPSA) is 44.9 Å². The Kier molecular flexibility index (Phi) is 3.28. The number of rotatable bonds is 2. The molecule has 1 amide bonds. The van der Waals surface area contributed by atoms with Gasteiger partial charge in [0.25, 0.3) is 5.91 Å². The van der Waals surface area contributed by atoms with Gasteiger partial charge in [-0.2, -0.15) is 0 Å². The van der Waals surface area contributed by atoms with E-state index in [1.807, 2.05) is 12.1 Å². The zero-order valence-electron chi connectivity index (χ0n) is 10.3. The van der Waals surface area contributed by atoms with Crippen molar-refractivity contribution in [3.63, 3.8) is 0 Å². The monoisotopic (exact) mass is 332 g/mol. The largest absolute Gasteiger partial charge is 0.361 e. The van der Waals surface area contributed by atoms with Crippen LogP contribution in [0.2, 0.25) is 0 Å². The Hall–Kier alpha value is -2.14. The van der Waals surface area contributed by atoms with Gasteiger partial charge in [-0.25, -0.2) is 4.39 Å². The third kappa shape index (κ3) is 2.32. The van der Waals surface area contributed by atoms with Crippen molar-refractivity contribution < 1.29 is 9.18 Å². The number of H-pyrrole nitrogens is 1. The second kappa shape index (κ2) is 5.09. The van der Waals surface area contributed by atoms with Gasteiger partial charge in [0.15, 0.2) is 0 Å². The molecule has 0 saturated heterocycles. The Morgan fingerprint density at radius 2 is 2.05 bits per heavy atom. The number of amides is 1. The summed E-state index contributed by atoms with van der Waals surface area (Å²) in [6.45, 7) is 0. The average Bonchev–Trinajstić information content (AvgIpc) is 2.91. The number of carbonyl (C=O) groups excluding carboxylic acids is 1. The summed E-state index contributed by atoms with van der Waals surface area (Å²) in [6, 6.07) is 11.6. The number of hydrogen-bond acceptors (Lipinski definition) is 1. The van der Waals surface area contributed by atoms with Crippen LogP contribution >= 0.6 is 15.9 Å². The lowest BCUT2D eigenvalue weighted by molar-refractivity contribution is 0.102. The highest BCUT2D eigenvalue weighted by molar-refractivity contribution is 9.10. The third-order valence-electron chi connectivity index (χ3n) is 3.02. The lowest BCUT2D eigenvalue weighted by atomic mass is 10.1. The van der Waals surface area contributed by atoms with Crippen LogP contribution in [0.25, 0.3) is 10.9 Å². The molecule has 0 aliphatic heterocycles. The molecule has 20 heavy (non-hydrogen) atoms. The maximum Gasteiger partial charge on any atom is 0.256 e. The fourth-order valence-electron chi connectivity index (χ4n) is 2.07. The number of benzene rings is 2. The SMILES string of the molecule is O=C(Nc1cc(Br)ccc1F)c1cccc2[nH]ccc12. The molecule has 2 aromatic carbocycles. The minimum Gasteiger partial charge on any atom is -0.361 e. The fraction of sp³-hybridized carbons (Fsp3) is 0. The Bertz CT molecular complexity index is 797. The molecule has 100 valence electrons. The van der Waals surface area contributed by atoms with Crippen molar-refractivity contribution >= 4 is 38.4 Å². The van der Waals surface area contributed by atoms with Crippen molar-refractivity contribution in [2.75, 3.05) is 5.32 Å². The lowest BCUT2D eigenvalue weighted by Crippen LogP contribution is -2.13. The van der Waals surface area contributed by atoms with Gasteiger partial charge in [-0.15, -0.1) is 0 Å². The van der Waals surface area contributed by atoms with Crippen LogP contribution in [0.4, 0.5) is 10.1 Å². The van der Waals surface area contributed by atoms with Crippen molar-refractivity contribution in [1.82, 2.24) is 4.98 Å². The van der Waals surface area contributed by atoms with E-state index in [1.54, 1.807) is 24.4 Å². The molecule has 3 rings (SSSR count). The summed E-state index contributed by atoms with van der Waals surface area (Å²) in [5, 5.41) is 3.40. The first-order valence-electron chi connectivity index (χ1n) is 5.97. The fourth-order valence-corrected chi connectivity index (χ4v) is 2.43. The summed E-state index contributed by atoms with van der Waals surface area (Å²) in [4.78, 5) is 15.3. The number of carbonyl (C=O) groups is 1. The summed E-state index contributed by atoms with van der Waals surface area (Å²) in [5.74, 6) is -0.810. The minimum atomic E-state index is -0.470. The molecule has 0 spiro atoms. The van der Waals surface area contributed by atoms with Crippen LogP contribution in [0, 0.1) is 5.82 Å². The van der Waals surface area contributed by atoms with E-state index in [4.69, 9.17) is 0 Å². The first-order chi connectivity index (χ1) is 9.65. The molecule has 0 atom stereocenters. The predicted octanol–water partition coefficient (Wildman–Crippen LogP) is 4.32. The van der Waals surface area contributed by atoms with Gasteiger partial charge < -0.3 is 10.3 Å². The number of anilines is 1. The van der Waals surface area contributed by atoms with Crippen LogP contribution in [0.3, 0.4) is 0 Å². The molecule has 0 aliphatic rings. The van der Waals surface area contributed by atoms with Gasteiger partial charge in [0.05, 0.1) is 5.69 Å². The Morgan fingerprint density at radius 3 is 2.90 bits per heavy atom. The van der Waals surface area contributed by atoms with Crippen molar-refractivity contribution in [2.45, 2.75) is 0 Å². The van der Waals surface area contributed by atoms with Gasteiger partial charge in [-0.1, -0.05) is 22.0 Å². The zero-order valence-corrected chi connectivity index (χ0v) is 11.9. The van der Waals surface area contributed by atoms with Crippen molar-refractivity contribution in [3.8, 4) is 0 Å². The number of fused-ring (bicyclic) bond motifs is 1. The van der Waals surface area contributed by atoms with Crippen LogP contribution in [0.5, 0.6) is 0 Å². The predicted molar refractivity (Wildman–Crippen MR) is 80.4 cm³/mol. The van der Waals surface area contributed by atoms with E-state index < -0.39 is 5.82 Å². The second-order valence-electron chi connectivity index (χ2n) is 4.32. The first kappa shape index (κ1) is 12.9. The third-order valence-corrected chi connectivity index (χ3v) is 3.51. The zero-order chi connectivity index (χ0) is 14.1. The highest BCUT2D eigenvalue weighted by atomic mass is 79.9. The summed E-state index contributed by atoms with van der Waals surface area (Å²) < 4.78 is 14.4. The van der Waals surface area contributed by atoms with Crippen molar-refractivity contribution in [1.29, 1.82) is 0 Å². The summed E-state index contributed by atoms with van der Waals surface area (Å²) in [5.41, 5.74) is 1.52. The molecule has 1 heterocycles. The molecular weight excluding hydrogens is 323 g/mol. The quantitative estimate of drug-likeness (QED) is 0.721. The van der Waals surface area contributed by atoms with E-state index >= 15 is 0 Å². The molecule has 0 bridgehead atoms. The minimum absolute atomic E-state index is 0.150. The molecule has 0 radical (unpaired) electrons. The number of aromatic nitrogens is 1. The van der Waals surface area contributed by atoms with E-state index in [0.29, 0.717) is 10.0 Å². The van der Waals surface area contributed by atoms with Crippen molar-refractivity contribution in [2.24, 2.45) is 0 Å². The molecular formula is C15H10BrFN2O. The normalized spacial score (nSPS) is 10.7. The molecule has 3 nitrogen and oxygen atoms in total. The highest BCUT2D eigenvalue weighted by Gasteiger charge is 2.12. The smallest absolute Gasteiger partial charge is 0.256 e. The van der Waals surface area contributed by atoms with E-state index in [1.165, 1.54) is 12.1 Å². The van der Waals surface area contributed by atoms with Crippen LogP contribution in [-0.4, -0.2) is 10.9 Å². The van der Waals surface area contributed by atoms with Crippen LogP contribution < -0.4 is 5.32 Å². The highest BCUT2D eigenvalue weighted by Crippen LogP contribution is 2.22. The van der Waals surface area contributed by atoms with Gasteiger partial charge in [0.1, 0.15) is 5.82 Å². The van der Waals surface area contributed by atoms with Gasteiger partial charge in [-0.3, -0.25) is 4.79 Å². The van der Waals surface area contributed by atoms with Gasteiger partial charge in [0, 0.05) is 27.1 Å².